The summed E-state index contributed by atoms with van der Waals surface area (Å²) in [5, 5.41) is 0. The number of nitrogens with zero attached hydrogens (tertiary/aromatic N) is 2. The van der Waals surface area contributed by atoms with Gasteiger partial charge in [0.15, 0.2) is 0 Å². The van der Waals surface area contributed by atoms with Crippen molar-refractivity contribution in [3.8, 4) is 0 Å². The number of hydrogen-bond donors (Lipinski definition) is 1. The maximum Gasteiger partial charge on any atom is 0.324 e. The second-order valence-electron chi connectivity index (χ2n) is 5.10. The molecule has 2 amide bonds. The van der Waals surface area contributed by atoms with Crippen LogP contribution >= 0.6 is 0 Å². The molecule has 102 valence electrons. The number of rotatable bonds is 2. The molecule has 4 nitrogen and oxygen atoms in total. The highest BCUT2D eigenvalue weighted by Gasteiger charge is 2.27. The summed E-state index contributed by atoms with van der Waals surface area (Å²) < 4.78 is 0. The normalized spacial score (nSPS) is 14.3. The summed E-state index contributed by atoms with van der Waals surface area (Å²) in [4.78, 5) is 15.9. The van der Waals surface area contributed by atoms with Gasteiger partial charge < -0.3 is 10.6 Å². The predicted octanol–water partition coefficient (Wildman–Crippen LogP) is 2.84. The molecule has 0 atom stereocenters. The Hall–Kier alpha value is -2.49. The second-order valence-corrected chi connectivity index (χ2v) is 5.10. The highest BCUT2D eigenvalue weighted by atomic mass is 16.2. The molecule has 0 aromatic heterocycles. The van der Waals surface area contributed by atoms with Gasteiger partial charge in [0.2, 0.25) is 0 Å². The summed E-state index contributed by atoms with van der Waals surface area (Å²) in [7, 11) is 1.83. The van der Waals surface area contributed by atoms with Crippen molar-refractivity contribution in [3.05, 3.63) is 59.7 Å². The Bertz CT molecular complexity index is 636. The van der Waals surface area contributed by atoms with Crippen molar-refractivity contribution in [1.29, 1.82) is 0 Å². The Morgan fingerprint density at radius 2 is 1.80 bits per heavy atom. The number of hydrogen-bond acceptors (Lipinski definition) is 2. The van der Waals surface area contributed by atoms with Crippen LogP contribution in [-0.2, 0) is 13.1 Å². The van der Waals surface area contributed by atoms with Gasteiger partial charge >= 0.3 is 6.03 Å². The zero-order valence-corrected chi connectivity index (χ0v) is 11.4. The molecule has 0 aliphatic carbocycles. The fourth-order valence-electron chi connectivity index (χ4n) is 2.50. The minimum Gasteiger partial charge on any atom is -0.399 e. The summed E-state index contributed by atoms with van der Waals surface area (Å²) in [6, 6.07) is 15.7. The molecule has 3 rings (SSSR count). The third-order valence-electron chi connectivity index (χ3n) is 3.57. The van der Waals surface area contributed by atoms with Crippen LogP contribution in [-0.4, -0.2) is 18.0 Å². The topological polar surface area (TPSA) is 49.6 Å². The lowest BCUT2D eigenvalue weighted by molar-refractivity contribution is 0.210. The summed E-state index contributed by atoms with van der Waals surface area (Å²) >= 11 is 0. The number of benzene rings is 2. The van der Waals surface area contributed by atoms with E-state index in [0.29, 0.717) is 13.1 Å². The number of carbonyl (C=O) groups excluding carboxylic acids is 1. The van der Waals surface area contributed by atoms with Gasteiger partial charge in [0.1, 0.15) is 0 Å². The molecule has 1 aliphatic heterocycles. The van der Waals surface area contributed by atoms with Crippen molar-refractivity contribution >= 4 is 17.4 Å². The van der Waals surface area contributed by atoms with E-state index in [9.17, 15) is 4.79 Å². The summed E-state index contributed by atoms with van der Waals surface area (Å²) in [5.41, 5.74) is 9.66. The van der Waals surface area contributed by atoms with Crippen LogP contribution in [0.5, 0.6) is 0 Å². The fraction of sp³-hybridized carbons (Fsp3) is 0.188. The standard InChI is InChI=1S/C16H17N3O/c1-18-11-13-4-2-3-5-15(13)19(16(18)20)10-12-6-8-14(17)9-7-12/h2-9H,10-11,17H2,1H3. The lowest BCUT2D eigenvalue weighted by Crippen LogP contribution is -2.44. The SMILES string of the molecule is CN1Cc2ccccc2N(Cc2ccc(N)cc2)C1=O. The first-order valence-electron chi connectivity index (χ1n) is 6.60. The van der Waals surface area contributed by atoms with Gasteiger partial charge in [0.25, 0.3) is 0 Å². The van der Waals surface area contributed by atoms with E-state index in [4.69, 9.17) is 5.73 Å². The van der Waals surface area contributed by atoms with Gasteiger partial charge in [-0.25, -0.2) is 4.79 Å². The van der Waals surface area contributed by atoms with Crippen LogP contribution in [0.2, 0.25) is 0 Å². The van der Waals surface area contributed by atoms with E-state index in [2.05, 4.69) is 6.07 Å². The van der Waals surface area contributed by atoms with E-state index >= 15 is 0 Å². The van der Waals surface area contributed by atoms with Crippen molar-refractivity contribution in [3.63, 3.8) is 0 Å². The van der Waals surface area contributed by atoms with Gasteiger partial charge in [-0.05, 0) is 29.3 Å². The van der Waals surface area contributed by atoms with Crippen molar-refractivity contribution in [2.45, 2.75) is 13.1 Å². The van der Waals surface area contributed by atoms with Crippen molar-refractivity contribution in [1.82, 2.24) is 4.90 Å². The van der Waals surface area contributed by atoms with E-state index < -0.39 is 0 Å². The number of nitrogen functional groups attached to an aromatic ring is 1. The molecule has 0 radical (unpaired) electrons. The van der Waals surface area contributed by atoms with Crippen molar-refractivity contribution in [2.24, 2.45) is 0 Å². The average molecular weight is 267 g/mol. The number of amides is 2. The Labute approximate surface area is 118 Å². The zero-order valence-electron chi connectivity index (χ0n) is 11.4. The van der Waals surface area contributed by atoms with Gasteiger partial charge in [-0.3, -0.25) is 4.90 Å². The Morgan fingerprint density at radius 1 is 1.10 bits per heavy atom. The maximum atomic E-state index is 12.4. The minimum absolute atomic E-state index is 0.0283. The first-order chi connectivity index (χ1) is 9.65. The van der Waals surface area contributed by atoms with E-state index in [1.807, 2.05) is 54.4 Å². The Balaban J connectivity index is 1.95. The van der Waals surface area contributed by atoms with Crippen LogP contribution in [0, 0.1) is 0 Å². The lowest BCUT2D eigenvalue weighted by Gasteiger charge is -2.35. The molecule has 2 aromatic rings. The third-order valence-corrected chi connectivity index (χ3v) is 3.57. The molecule has 1 heterocycles. The third kappa shape index (κ3) is 2.20. The largest absolute Gasteiger partial charge is 0.399 e. The first kappa shape index (κ1) is 12.5. The number of nitrogens with two attached hydrogens (primary N) is 1. The fourth-order valence-corrected chi connectivity index (χ4v) is 2.50. The molecule has 0 bridgehead atoms. The van der Waals surface area contributed by atoms with Crippen LogP contribution < -0.4 is 10.6 Å². The van der Waals surface area contributed by atoms with Gasteiger partial charge in [-0.1, -0.05) is 30.3 Å². The molecule has 20 heavy (non-hydrogen) atoms. The summed E-state index contributed by atoms with van der Waals surface area (Å²) in [5.74, 6) is 0. The van der Waals surface area contributed by atoms with Crippen molar-refractivity contribution < 1.29 is 4.79 Å². The molecule has 2 N–H and O–H groups in total. The van der Waals surface area contributed by atoms with Crippen molar-refractivity contribution in [2.75, 3.05) is 17.7 Å². The molecule has 0 saturated heterocycles. The van der Waals surface area contributed by atoms with E-state index in [1.165, 1.54) is 5.56 Å². The molecule has 4 heteroatoms. The molecule has 0 fully saturated rings. The number of para-hydroxylation sites is 1. The molecule has 2 aromatic carbocycles. The highest BCUT2D eigenvalue weighted by Crippen LogP contribution is 2.29. The van der Waals surface area contributed by atoms with Gasteiger partial charge in [-0.2, -0.15) is 0 Å². The van der Waals surface area contributed by atoms with Crippen LogP contribution in [0.1, 0.15) is 11.1 Å². The first-order valence-corrected chi connectivity index (χ1v) is 6.60. The van der Waals surface area contributed by atoms with Crippen LogP contribution in [0.25, 0.3) is 0 Å². The number of carbonyl (C=O) groups is 1. The molecular weight excluding hydrogens is 250 g/mol. The molecule has 0 saturated carbocycles. The van der Waals surface area contributed by atoms with E-state index in [0.717, 1.165) is 16.9 Å². The molecule has 0 unspecified atom stereocenters. The Kier molecular flexibility index (Phi) is 3.06. The van der Waals surface area contributed by atoms with Crippen LogP contribution in [0.15, 0.2) is 48.5 Å². The smallest absolute Gasteiger partial charge is 0.324 e. The summed E-state index contributed by atoms with van der Waals surface area (Å²) in [6.07, 6.45) is 0. The maximum absolute atomic E-state index is 12.4. The quantitative estimate of drug-likeness (QED) is 0.851. The molecular formula is C16H17N3O. The zero-order chi connectivity index (χ0) is 14.1. The summed E-state index contributed by atoms with van der Waals surface area (Å²) in [6.45, 7) is 1.22. The minimum atomic E-state index is 0.0283. The van der Waals surface area contributed by atoms with Gasteiger partial charge in [-0.15, -0.1) is 0 Å². The monoisotopic (exact) mass is 267 g/mol. The van der Waals surface area contributed by atoms with Gasteiger partial charge in [0, 0.05) is 19.3 Å². The highest BCUT2D eigenvalue weighted by molar-refractivity contribution is 5.94. The Morgan fingerprint density at radius 3 is 2.55 bits per heavy atom. The number of urea groups is 1. The predicted molar refractivity (Wildman–Crippen MR) is 80.3 cm³/mol. The number of anilines is 2. The number of fused-ring (bicyclic) bond motifs is 1. The molecule has 0 spiro atoms. The van der Waals surface area contributed by atoms with Gasteiger partial charge in [0.05, 0.1) is 12.2 Å². The average Bonchev–Trinajstić information content (AvgIpc) is 2.46. The second kappa shape index (κ2) is 4.89. The molecule has 1 aliphatic rings. The lowest BCUT2D eigenvalue weighted by atomic mass is 10.1. The van der Waals surface area contributed by atoms with E-state index in [1.54, 1.807) is 4.90 Å². The van der Waals surface area contributed by atoms with E-state index in [-0.39, 0.29) is 6.03 Å². The van der Waals surface area contributed by atoms with Crippen LogP contribution in [0.3, 0.4) is 0 Å². The van der Waals surface area contributed by atoms with Crippen LogP contribution in [0.4, 0.5) is 16.2 Å².